The minimum atomic E-state index is -0.819. The van der Waals surface area contributed by atoms with E-state index in [1.54, 1.807) is 36.9 Å². The molecule has 0 aliphatic carbocycles. The highest BCUT2D eigenvalue weighted by Gasteiger charge is 2.43. The molecule has 3 atom stereocenters. The molecule has 142 valence electrons. The molecule has 1 heterocycles. The molecule has 0 aliphatic rings. The van der Waals surface area contributed by atoms with E-state index in [1.165, 1.54) is 0 Å². The van der Waals surface area contributed by atoms with Gasteiger partial charge in [0.2, 0.25) is 0 Å². The van der Waals surface area contributed by atoms with Gasteiger partial charge in [-0.1, -0.05) is 55.6 Å². The molecule has 3 unspecified atom stereocenters. The molecule has 0 radical (unpaired) electrons. The second-order valence-electron chi connectivity index (χ2n) is 6.48. The summed E-state index contributed by atoms with van der Waals surface area (Å²) < 4.78 is 13.1. The molecule has 0 bridgehead atoms. The smallest absolute Gasteiger partial charge is 0.294 e. The van der Waals surface area contributed by atoms with Crippen molar-refractivity contribution >= 4 is 41.3 Å². The molecule has 1 aromatic heterocycles. The Morgan fingerprint density at radius 1 is 1.35 bits per heavy atom. The fourth-order valence-corrected chi connectivity index (χ4v) is 3.62. The number of nitrogens with zero attached hydrogens (tertiary/aromatic N) is 2. The van der Waals surface area contributed by atoms with Crippen LogP contribution >= 0.6 is 34.8 Å². The quantitative estimate of drug-likeness (QED) is 0.394. The van der Waals surface area contributed by atoms with Crippen LogP contribution in [0.15, 0.2) is 36.9 Å². The second-order valence-corrected chi connectivity index (χ2v) is 7.72. The molecule has 5 nitrogen and oxygen atoms in total. The fourth-order valence-electron chi connectivity index (χ4n) is 2.96. The Labute approximate surface area is 168 Å². The Hall–Kier alpha value is -1.43. The molecule has 0 amide bonds. The number of carbonyl (C=O) groups excluding carboxylic acids is 1. The summed E-state index contributed by atoms with van der Waals surface area (Å²) in [6, 6.07) is 5.05. The van der Waals surface area contributed by atoms with Gasteiger partial charge in [0, 0.05) is 28.7 Å². The summed E-state index contributed by atoms with van der Waals surface area (Å²) in [4.78, 5) is 14.9. The van der Waals surface area contributed by atoms with E-state index in [0.717, 1.165) is 0 Å². The van der Waals surface area contributed by atoms with E-state index in [4.69, 9.17) is 44.3 Å². The molecule has 0 saturated carbocycles. The number of hydrogen-bond acceptors (Lipinski definition) is 4. The maximum atomic E-state index is 10.8. The van der Waals surface area contributed by atoms with Gasteiger partial charge in [0.25, 0.3) is 6.47 Å². The topological polar surface area (TPSA) is 53.4 Å². The summed E-state index contributed by atoms with van der Waals surface area (Å²) in [5, 5.41) is 0.927. The zero-order valence-electron chi connectivity index (χ0n) is 14.7. The van der Waals surface area contributed by atoms with Crippen LogP contribution in [-0.4, -0.2) is 21.6 Å². The number of aromatic nitrogens is 2. The summed E-state index contributed by atoms with van der Waals surface area (Å²) >= 11 is 18.6. The summed E-state index contributed by atoms with van der Waals surface area (Å²) in [7, 11) is 0. The van der Waals surface area contributed by atoms with Crippen molar-refractivity contribution in [2.45, 2.75) is 39.0 Å². The predicted molar refractivity (Wildman–Crippen MR) is 103 cm³/mol. The fraction of sp³-hybridized carbons (Fsp3) is 0.444. The van der Waals surface area contributed by atoms with Gasteiger partial charge < -0.3 is 14.0 Å². The molecular formula is C18H21Cl3N2O3. The van der Waals surface area contributed by atoms with E-state index in [9.17, 15) is 4.79 Å². The molecule has 2 rings (SSSR count). The Morgan fingerprint density at radius 2 is 2.08 bits per heavy atom. The predicted octanol–water partition coefficient (Wildman–Crippen LogP) is 5.56. The van der Waals surface area contributed by atoms with Crippen molar-refractivity contribution in [2.24, 2.45) is 11.3 Å². The molecule has 0 aliphatic heterocycles. The van der Waals surface area contributed by atoms with Crippen LogP contribution in [0.1, 0.15) is 33.4 Å². The van der Waals surface area contributed by atoms with E-state index in [2.05, 4.69) is 4.98 Å². The van der Waals surface area contributed by atoms with Crippen LogP contribution in [0.4, 0.5) is 0 Å². The number of hydrogen-bond donors (Lipinski definition) is 0. The van der Waals surface area contributed by atoms with Gasteiger partial charge in [-0.05, 0) is 24.6 Å². The largest absolute Gasteiger partial charge is 0.468 e. The van der Waals surface area contributed by atoms with E-state index >= 15 is 0 Å². The third-order valence-electron chi connectivity index (χ3n) is 4.46. The molecule has 2 aromatic rings. The number of benzene rings is 1. The molecule has 0 saturated heterocycles. The van der Waals surface area contributed by atoms with Gasteiger partial charge in [-0.2, -0.15) is 0 Å². The van der Waals surface area contributed by atoms with Crippen molar-refractivity contribution in [1.29, 1.82) is 0 Å². The third-order valence-corrected chi connectivity index (χ3v) is 5.66. The average Bonchev–Trinajstić information content (AvgIpc) is 3.11. The lowest BCUT2D eigenvalue weighted by Gasteiger charge is -2.41. The van der Waals surface area contributed by atoms with Crippen molar-refractivity contribution < 1.29 is 14.3 Å². The lowest BCUT2D eigenvalue weighted by molar-refractivity contribution is -0.138. The monoisotopic (exact) mass is 418 g/mol. The molecular weight excluding hydrogens is 399 g/mol. The van der Waals surface area contributed by atoms with E-state index in [-0.39, 0.29) is 5.92 Å². The van der Waals surface area contributed by atoms with E-state index in [1.807, 2.05) is 25.3 Å². The van der Waals surface area contributed by atoms with Crippen LogP contribution < -0.4 is 4.74 Å². The Bertz CT molecular complexity index is 722. The van der Waals surface area contributed by atoms with Crippen molar-refractivity contribution in [3.05, 3.63) is 47.0 Å². The van der Waals surface area contributed by atoms with Crippen LogP contribution in [0.5, 0.6) is 5.75 Å². The Morgan fingerprint density at radius 3 is 2.62 bits per heavy atom. The van der Waals surface area contributed by atoms with Crippen LogP contribution in [0.25, 0.3) is 0 Å². The molecule has 0 fully saturated rings. The van der Waals surface area contributed by atoms with E-state index < -0.39 is 17.2 Å². The van der Waals surface area contributed by atoms with Crippen molar-refractivity contribution in [1.82, 2.24) is 9.55 Å². The third kappa shape index (κ3) is 4.64. The zero-order valence-corrected chi connectivity index (χ0v) is 17.0. The first-order valence-electron chi connectivity index (χ1n) is 8.13. The normalized spacial score (nSPS) is 15.2. The summed E-state index contributed by atoms with van der Waals surface area (Å²) in [5.74, 6) is 0.373. The first kappa shape index (κ1) is 20.9. The summed E-state index contributed by atoms with van der Waals surface area (Å²) in [6.45, 7) is 6.24. The van der Waals surface area contributed by atoms with Gasteiger partial charge in [-0.25, -0.2) is 4.98 Å². The molecule has 0 spiro atoms. The minimum absolute atomic E-state index is 0.120. The van der Waals surface area contributed by atoms with Gasteiger partial charge in [0.15, 0.2) is 11.8 Å². The molecule has 26 heavy (non-hydrogen) atoms. The second kappa shape index (κ2) is 8.98. The van der Waals surface area contributed by atoms with Crippen molar-refractivity contribution in [3.63, 3.8) is 0 Å². The standard InChI is InChI=1S/C18H21Cl3N2O3/c1-4-13(18(2,3)17(21)25-11-24)16(23-8-7-22-10-23)26-15-6-5-12(19)9-14(15)20/h5-11,13,16-17H,4H2,1-3H3. The Kier molecular flexibility index (Phi) is 7.21. The van der Waals surface area contributed by atoms with Gasteiger partial charge >= 0.3 is 0 Å². The van der Waals surface area contributed by atoms with Gasteiger partial charge in [0.05, 0.1) is 11.3 Å². The number of halogens is 3. The maximum absolute atomic E-state index is 10.8. The van der Waals surface area contributed by atoms with Crippen molar-refractivity contribution in [3.8, 4) is 5.75 Å². The molecule has 8 heteroatoms. The SMILES string of the molecule is CCC(C(Oc1ccc(Cl)cc1Cl)n1ccnc1)C(C)(C)C(Cl)OC=O. The van der Waals surface area contributed by atoms with Crippen molar-refractivity contribution in [2.75, 3.05) is 0 Å². The highest BCUT2D eigenvalue weighted by molar-refractivity contribution is 6.35. The number of rotatable bonds is 9. The average molecular weight is 420 g/mol. The number of imidazole rings is 1. The highest BCUT2D eigenvalue weighted by atomic mass is 35.5. The van der Waals surface area contributed by atoms with Crippen LogP contribution in [0, 0.1) is 11.3 Å². The molecule has 1 aromatic carbocycles. The zero-order chi connectivity index (χ0) is 19.3. The number of ether oxygens (including phenoxy) is 2. The van der Waals surface area contributed by atoms with Gasteiger partial charge in [-0.3, -0.25) is 4.79 Å². The van der Waals surface area contributed by atoms with E-state index in [0.29, 0.717) is 28.7 Å². The summed E-state index contributed by atoms with van der Waals surface area (Å²) in [5.41, 5.74) is -1.41. The number of carbonyl (C=O) groups is 1. The van der Waals surface area contributed by atoms with Gasteiger partial charge in [-0.15, -0.1) is 0 Å². The first-order chi connectivity index (χ1) is 12.3. The minimum Gasteiger partial charge on any atom is -0.468 e. The van der Waals surface area contributed by atoms with Crippen LogP contribution in [-0.2, 0) is 9.53 Å². The lowest BCUT2D eigenvalue weighted by atomic mass is 9.76. The molecule has 0 N–H and O–H groups in total. The maximum Gasteiger partial charge on any atom is 0.294 e. The highest BCUT2D eigenvalue weighted by Crippen LogP contribution is 2.44. The van der Waals surface area contributed by atoms with Gasteiger partial charge in [0.1, 0.15) is 5.75 Å². The first-order valence-corrected chi connectivity index (χ1v) is 9.32. The summed E-state index contributed by atoms with van der Waals surface area (Å²) in [6.07, 6.45) is 5.38. The van der Waals surface area contributed by atoms with Crippen LogP contribution in [0.3, 0.4) is 0 Å². The lowest BCUT2D eigenvalue weighted by Crippen LogP contribution is -2.41. The Balaban J connectivity index is 2.41. The van der Waals surface area contributed by atoms with Crippen LogP contribution in [0.2, 0.25) is 10.0 Å². The number of alkyl halides is 1.